The van der Waals surface area contributed by atoms with Crippen LogP contribution in [-0.2, 0) is 27.9 Å². The molecule has 36 heavy (non-hydrogen) atoms. The van der Waals surface area contributed by atoms with Crippen molar-refractivity contribution in [2.45, 2.75) is 36.9 Å². The van der Waals surface area contributed by atoms with Gasteiger partial charge in [-0.15, -0.1) is 0 Å². The topological polar surface area (TPSA) is 79.0 Å². The van der Waals surface area contributed by atoms with Gasteiger partial charge in [0.05, 0.1) is 17.1 Å². The molecule has 0 aliphatic carbocycles. The molecule has 0 spiro atoms. The molecular weight excluding hydrogens is 498 g/mol. The minimum absolute atomic E-state index is 0.131. The number of nitrogens with zero attached hydrogens (tertiary/aromatic N) is 2. The lowest BCUT2D eigenvalue weighted by molar-refractivity contribution is -0.127. The monoisotopic (exact) mass is 525 g/mol. The number of benzene rings is 3. The standard InChI is InChI=1S/C27H28ClN3O4S/c28-22-11-12-25-24(16-22)31(36(33,34)23-9-2-1-3-10-23)19-26(35-25)27(32)29-17-20-7-6-8-21(15-20)18-30-13-4-5-14-30/h1-3,6-12,15-16,26H,4-5,13-14,17-19H2,(H,29,32). The van der Waals surface area contributed by atoms with Crippen LogP contribution in [0.5, 0.6) is 5.75 Å². The summed E-state index contributed by atoms with van der Waals surface area (Å²) < 4.78 is 34.1. The molecular formula is C27H28ClN3O4S. The Balaban J connectivity index is 1.32. The number of anilines is 1. The summed E-state index contributed by atoms with van der Waals surface area (Å²) in [6, 6.07) is 21.0. The average Bonchev–Trinajstić information content (AvgIpc) is 3.40. The van der Waals surface area contributed by atoms with Gasteiger partial charge in [0.15, 0.2) is 6.10 Å². The second kappa shape index (κ2) is 10.5. The smallest absolute Gasteiger partial charge is 0.264 e. The van der Waals surface area contributed by atoms with E-state index in [1.165, 1.54) is 40.9 Å². The van der Waals surface area contributed by atoms with E-state index < -0.39 is 16.1 Å². The van der Waals surface area contributed by atoms with Crippen molar-refractivity contribution in [1.29, 1.82) is 0 Å². The molecule has 0 aromatic heterocycles. The van der Waals surface area contributed by atoms with Crippen molar-refractivity contribution in [3.05, 3.63) is 88.9 Å². The summed E-state index contributed by atoms with van der Waals surface area (Å²) in [5.74, 6) is -0.0910. The molecule has 2 heterocycles. The largest absolute Gasteiger partial charge is 0.476 e. The lowest BCUT2D eigenvalue weighted by Crippen LogP contribution is -2.50. The van der Waals surface area contributed by atoms with E-state index in [9.17, 15) is 13.2 Å². The van der Waals surface area contributed by atoms with Gasteiger partial charge in [0.2, 0.25) is 0 Å². The van der Waals surface area contributed by atoms with Crippen molar-refractivity contribution in [2.75, 3.05) is 23.9 Å². The van der Waals surface area contributed by atoms with E-state index in [1.54, 1.807) is 30.3 Å². The third-order valence-electron chi connectivity index (χ3n) is 6.48. The highest BCUT2D eigenvalue weighted by atomic mass is 35.5. The second-order valence-corrected chi connectivity index (χ2v) is 11.4. The van der Waals surface area contributed by atoms with Crippen molar-refractivity contribution in [2.24, 2.45) is 0 Å². The first kappa shape index (κ1) is 24.6. The number of carbonyl (C=O) groups excluding carboxylic acids is 1. The van der Waals surface area contributed by atoms with Gasteiger partial charge < -0.3 is 10.1 Å². The van der Waals surface area contributed by atoms with Crippen molar-refractivity contribution < 1.29 is 17.9 Å². The molecule has 0 bridgehead atoms. The van der Waals surface area contributed by atoms with E-state index in [4.69, 9.17) is 16.3 Å². The third-order valence-corrected chi connectivity index (χ3v) is 8.51. The summed E-state index contributed by atoms with van der Waals surface area (Å²) in [6.45, 7) is 3.31. The van der Waals surface area contributed by atoms with Crippen LogP contribution in [0.1, 0.15) is 24.0 Å². The number of rotatable bonds is 7. The van der Waals surface area contributed by atoms with Gasteiger partial charge in [-0.25, -0.2) is 8.42 Å². The van der Waals surface area contributed by atoms with Gasteiger partial charge in [0.1, 0.15) is 5.75 Å². The fourth-order valence-electron chi connectivity index (χ4n) is 4.65. The molecule has 5 rings (SSSR count). The number of amides is 1. The maximum atomic E-state index is 13.5. The Kier molecular flexibility index (Phi) is 7.18. The number of nitrogens with one attached hydrogen (secondary N) is 1. The van der Waals surface area contributed by atoms with Gasteiger partial charge >= 0.3 is 0 Å². The van der Waals surface area contributed by atoms with Gasteiger partial charge in [-0.05, 0) is 67.4 Å². The molecule has 1 saturated heterocycles. The van der Waals surface area contributed by atoms with Crippen molar-refractivity contribution in [3.63, 3.8) is 0 Å². The van der Waals surface area contributed by atoms with Gasteiger partial charge in [-0.3, -0.25) is 14.0 Å². The molecule has 3 aromatic carbocycles. The number of carbonyl (C=O) groups is 1. The highest BCUT2D eigenvalue weighted by Gasteiger charge is 2.37. The van der Waals surface area contributed by atoms with E-state index in [-0.39, 0.29) is 23.1 Å². The molecule has 2 aliphatic heterocycles. The lowest BCUT2D eigenvalue weighted by atomic mass is 10.1. The Hall–Kier alpha value is -3.07. The fourth-order valence-corrected chi connectivity index (χ4v) is 6.30. The Bertz CT molecular complexity index is 1340. The van der Waals surface area contributed by atoms with Crippen LogP contribution >= 0.6 is 11.6 Å². The zero-order chi connectivity index (χ0) is 25.1. The maximum absolute atomic E-state index is 13.5. The quantitative estimate of drug-likeness (QED) is 0.500. The van der Waals surface area contributed by atoms with E-state index in [2.05, 4.69) is 22.3 Å². The third kappa shape index (κ3) is 5.36. The molecule has 1 N–H and O–H groups in total. The number of likely N-dealkylation sites (tertiary alicyclic amines) is 1. The zero-order valence-corrected chi connectivity index (χ0v) is 21.3. The zero-order valence-electron chi connectivity index (χ0n) is 19.8. The summed E-state index contributed by atoms with van der Waals surface area (Å²) in [5, 5.41) is 3.30. The van der Waals surface area contributed by atoms with Crippen LogP contribution in [0.25, 0.3) is 0 Å². The Labute approximate surface area is 216 Å². The first-order chi connectivity index (χ1) is 17.4. The number of hydrogen-bond donors (Lipinski definition) is 1. The molecule has 1 amide bonds. The normalized spacial score (nSPS) is 17.9. The van der Waals surface area contributed by atoms with Gasteiger partial charge in [0, 0.05) is 18.1 Å². The minimum atomic E-state index is -3.93. The highest BCUT2D eigenvalue weighted by Crippen LogP contribution is 2.38. The molecule has 1 unspecified atom stereocenters. The molecule has 2 aliphatic rings. The number of ether oxygens (including phenoxy) is 1. The molecule has 1 atom stereocenters. The molecule has 7 nitrogen and oxygen atoms in total. The molecule has 0 saturated carbocycles. The number of fused-ring (bicyclic) bond motifs is 1. The predicted octanol–water partition coefficient (Wildman–Crippen LogP) is 4.21. The molecule has 3 aromatic rings. The highest BCUT2D eigenvalue weighted by molar-refractivity contribution is 7.92. The summed E-state index contributed by atoms with van der Waals surface area (Å²) in [7, 11) is -3.93. The maximum Gasteiger partial charge on any atom is 0.264 e. The Morgan fingerprint density at radius 2 is 1.72 bits per heavy atom. The number of hydrogen-bond acceptors (Lipinski definition) is 5. The van der Waals surface area contributed by atoms with E-state index >= 15 is 0 Å². The fraction of sp³-hybridized carbons (Fsp3) is 0.296. The van der Waals surface area contributed by atoms with Crippen molar-refractivity contribution in [3.8, 4) is 5.75 Å². The number of sulfonamides is 1. The van der Waals surface area contributed by atoms with Crippen LogP contribution < -0.4 is 14.4 Å². The molecule has 9 heteroatoms. The summed E-state index contributed by atoms with van der Waals surface area (Å²) in [6.07, 6.45) is 1.47. The predicted molar refractivity (Wildman–Crippen MR) is 140 cm³/mol. The first-order valence-corrected chi connectivity index (χ1v) is 13.8. The van der Waals surface area contributed by atoms with Gasteiger partial charge in [-0.1, -0.05) is 54.1 Å². The van der Waals surface area contributed by atoms with Crippen LogP contribution in [0.2, 0.25) is 5.02 Å². The van der Waals surface area contributed by atoms with Crippen molar-refractivity contribution >= 4 is 33.2 Å². The number of halogens is 1. The summed E-state index contributed by atoms with van der Waals surface area (Å²) >= 11 is 6.16. The summed E-state index contributed by atoms with van der Waals surface area (Å²) in [4.78, 5) is 15.7. The van der Waals surface area contributed by atoms with Crippen LogP contribution in [0.3, 0.4) is 0 Å². The van der Waals surface area contributed by atoms with Gasteiger partial charge in [0.25, 0.3) is 15.9 Å². The van der Waals surface area contributed by atoms with Crippen LogP contribution in [-0.4, -0.2) is 45.0 Å². The van der Waals surface area contributed by atoms with Crippen LogP contribution in [0, 0.1) is 0 Å². The Morgan fingerprint density at radius 3 is 2.50 bits per heavy atom. The second-order valence-electron chi connectivity index (χ2n) is 9.09. The summed E-state index contributed by atoms with van der Waals surface area (Å²) in [5.41, 5.74) is 2.50. The van der Waals surface area contributed by atoms with E-state index in [1.807, 2.05) is 12.1 Å². The van der Waals surface area contributed by atoms with E-state index in [0.29, 0.717) is 17.3 Å². The minimum Gasteiger partial charge on any atom is -0.476 e. The Morgan fingerprint density at radius 1 is 0.972 bits per heavy atom. The van der Waals surface area contributed by atoms with E-state index in [0.717, 1.165) is 25.2 Å². The first-order valence-electron chi connectivity index (χ1n) is 12.0. The van der Waals surface area contributed by atoms with Crippen molar-refractivity contribution in [1.82, 2.24) is 10.2 Å². The lowest BCUT2D eigenvalue weighted by Gasteiger charge is -2.34. The molecule has 0 radical (unpaired) electrons. The SMILES string of the molecule is O=C(NCc1cccc(CN2CCCC2)c1)C1CN(S(=O)(=O)c2ccccc2)c2cc(Cl)ccc2O1. The van der Waals surface area contributed by atoms with Gasteiger partial charge in [-0.2, -0.15) is 0 Å². The van der Waals surface area contributed by atoms with Crippen LogP contribution in [0.4, 0.5) is 5.69 Å². The van der Waals surface area contributed by atoms with Crippen LogP contribution in [0.15, 0.2) is 77.7 Å². The molecule has 1 fully saturated rings. The average molecular weight is 526 g/mol. The molecule has 188 valence electrons.